The van der Waals surface area contributed by atoms with Gasteiger partial charge in [0.25, 0.3) is 11.5 Å². The molecule has 5 N–H and O–H groups in total. The first-order valence-corrected chi connectivity index (χ1v) is 8.55. The first-order valence-electron chi connectivity index (χ1n) is 8.55. The highest BCUT2D eigenvalue weighted by Crippen LogP contribution is 2.17. The van der Waals surface area contributed by atoms with Crippen molar-refractivity contribution >= 4 is 11.8 Å². The third-order valence-corrected chi connectivity index (χ3v) is 4.32. The Hall–Kier alpha value is -2.42. The number of rotatable bonds is 5. The first kappa shape index (κ1) is 18.9. The fraction of sp³-hybridized carbons (Fsp3) is 0.625. The molecule has 138 valence electrons. The SMILES string of the molecule is O=C(N[C@@H](CO)C(=O)NC1CCCCCCC1)c1c[nH]c(=O)[nH]c1=O. The molecule has 1 aromatic heterocycles. The third-order valence-electron chi connectivity index (χ3n) is 4.32. The number of aliphatic hydroxyl groups excluding tert-OH is 1. The van der Waals surface area contributed by atoms with Gasteiger partial charge in [-0.2, -0.15) is 0 Å². The second-order valence-electron chi connectivity index (χ2n) is 6.24. The van der Waals surface area contributed by atoms with Crippen LogP contribution in [0.2, 0.25) is 0 Å². The molecule has 0 aliphatic heterocycles. The highest BCUT2D eigenvalue weighted by atomic mass is 16.3. The normalized spacial score (nSPS) is 17.2. The number of hydrogen-bond acceptors (Lipinski definition) is 5. The van der Waals surface area contributed by atoms with Gasteiger partial charge in [0.1, 0.15) is 11.6 Å². The van der Waals surface area contributed by atoms with Gasteiger partial charge in [0.15, 0.2) is 0 Å². The zero-order valence-corrected chi connectivity index (χ0v) is 14.0. The summed E-state index contributed by atoms with van der Waals surface area (Å²) >= 11 is 0. The number of aromatic amines is 2. The van der Waals surface area contributed by atoms with Gasteiger partial charge in [0.2, 0.25) is 5.91 Å². The second-order valence-corrected chi connectivity index (χ2v) is 6.24. The highest BCUT2D eigenvalue weighted by molar-refractivity contribution is 5.97. The lowest BCUT2D eigenvalue weighted by molar-refractivity contribution is -0.124. The second kappa shape index (κ2) is 9.16. The Morgan fingerprint density at radius 3 is 2.40 bits per heavy atom. The minimum absolute atomic E-state index is 0.0234. The average molecular weight is 352 g/mol. The molecule has 0 spiro atoms. The van der Waals surface area contributed by atoms with Crippen LogP contribution in [0.5, 0.6) is 0 Å². The van der Waals surface area contributed by atoms with Gasteiger partial charge in [0, 0.05) is 12.2 Å². The van der Waals surface area contributed by atoms with Gasteiger partial charge < -0.3 is 20.7 Å². The minimum Gasteiger partial charge on any atom is -0.394 e. The van der Waals surface area contributed by atoms with Gasteiger partial charge >= 0.3 is 5.69 Å². The maximum Gasteiger partial charge on any atom is 0.325 e. The number of hydrogen-bond donors (Lipinski definition) is 5. The van der Waals surface area contributed by atoms with Crippen molar-refractivity contribution in [3.8, 4) is 0 Å². The molecule has 1 fully saturated rings. The van der Waals surface area contributed by atoms with Crippen LogP contribution < -0.4 is 21.9 Å². The van der Waals surface area contributed by atoms with Gasteiger partial charge in [-0.05, 0) is 12.8 Å². The van der Waals surface area contributed by atoms with Crippen LogP contribution in [0.25, 0.3) is 0 Å². The van der Waals surface area contributed by atoms with E-state index in [-0.39, 0.29) is 11.6 Å². The van der Waals surface area contributed by atoms with E-state index in [0.717, 1.165) is 44.7 Å². The van der Waals surface area contributed by atoms with Gasteiger partial charge in [-0.15, -0.1) is 0 Å². The summed E-state index contributed by atoms with van der Waals surface area (Å²) in [7, 11) is 0. The van der Waals surface area contributed by atoms with E-state index in [2.05, 4.69) is 15.6 Å². The Kier molecular flexibility index (Phi) is 6.93. The Morgan fingerprint density at radius 1 is 1.16 bits per heavy atom. The fourth-order valence-corrected chi connectivity index (χ4v) is 2.91. The molecule has 9 heteroatoms. The largest absolute Gasteiger partial charge is 0.394 e. The van der Waals surface area contributed by atoms with Crippen molar-refractivity contribution in [2.45, 2.75) is 57.0 Å². The van der Waals surface area contributed by atoms with Crippen LogP contribution in [0.4, 0.5) is 0 Å². The standard InChI is InChI=1S/C16H24N4O5/c21-9-12(15(24)18-10-6-4-2-1-3-5-7-10)19-13(22)11-8-17-16(25)20-14(11)23/h8,10,12,21H,1-7,9H2,(H,18,24)(H,19,22)(H2,17,20,23,25)/t12-/m0/s1. The van der Waals surface area contributed by atoms with Crippen LogP contribution in [-0.4, -0.2) is 45.6 Å². The molecule has 1 saturated carbocycles. The summed E-state index contributed by atoms with van der Waals surface area (Å²) in [5.74, 6) is -1.33. The molecule has 0 bridgehead atoms. The molecule has 0 aromatic carbocycles. The number of nitrogens with one attached hydrogen (secondary N) is 4. The highest BCUT2D eigenvalue weighted by Gasteiger charge is 2.24. The summed E-state index contributed by atoms with van der Waals surface area (Å²) in [5, 5.41) is 14.6. The summed E-state index contributed by atoms with van der Waals surface area (Å²) in [5.41, 5.74) is -1.93. The van der Waals surface area contributed by atoms with E-state index in [0.29, 0.717) is 0 Å². The molecular weight excluding hydrogens is 328 g/mol. The van der Waals surface area contributed by atoms with Crippen LogP contribution in [0.3, 0.4) is 0 Å². The van der Waals surface area contributed by atoms with E-state index < -0.39 is 35.7 Å². The van der Waals surface area contributed by atoms with Crippen molar-refractivity contribution in [2.75, 3.05) is 6.61 Å². The quantitative estimate of drug-likeness (QED) is 0.480. The summed E-state index contributed by atoms with van der Waals surface area (Å²) in [4.78, 5) is 51.1. The number of carbonyl (C=O) groups excluding carboxylic acids is 2. The van der Waals surface area contributed by atoms with Crippen molar-refractivity contribution in [1.82, 2.24) is 20.6 Å². The predicted octanol–water partition coefficient (Wildman–Crippen LogP) is -0.617. The molecule has 1 aliphatic carbocycles. The summed E-state index contributed by atoms with van der Waals surface area (Å²) < 4.78 is 0. The Bertz CT molecular complexity index is 703. The van der Waals surface area contributed by atoms with Crippen LogP contribution in [0.1, 0.15) is 55.3 Å². The Morgan fingerprint density at radius 2 is 1.80 bits per heavy atom. The van der Waals surface area contributed by atoms with Crippen LogP contribution in [0, 0.1) is 0 Å². The lowest BCUT2D eigenvalue weighted by atomic mass is 9.96. The van der Waals surface area contributed by atoms with Crippen LogP contribution in [-0.2, 0) is 4.79 Å². The van der Waals surface area contributed by atoms with Gasteiger partial charge in [0.05, 0.1) is 6.61 Å². The van der Waals surface area contributed by atoms with Crippen LogP contribution in [0.15, 0.2) is 15.8 Å². The molecule has 1 atom stereocenters. The first-order chi connectivity index (χ1) is 12.0. The number of aromatic nitrogens is 2. The predicted molar refractivity (Wildman–Crippen MR) is 90.3 cm³/mol. The molecule has 1 heterocycles. The van der Waals surface area contributed by atoms with Crippen molar-refractivity contribution in [1.29, 1.82) is 0 Å². The monoisotopic (exact) mass is 352 g/mol. The molecule has 9 nitrogen and oxygen atoms in total. The van der Waals surface area contributed by atoms with E-state index in [4.69, 9.17) is 0 Å². The van der Waals surface area contributed by atoms with Crippen molar-refractivity contribution in [3.05, 3.63) is 32.6 Å². The Balaban J connectivity index is 1.97. The molecule has 1 aromatic rings. The van der Waals surface area contributed by atoms with Gasteiger partial charge in [-0.1, -0.05) is 32.1 Å². The molecule has 0 radical (unpaired) electrons. The summed E-state index contributed by atoms with van der Waals surface area (Å²) in [6, 6.07) is -1.14. The van der Waals surface area contributed by atoms with E-state index in [1.165, 1.54) is 6.42 Å². The summed E-state index contributed by atoms with van der Waals surface area (Å²) in [6.07, 6.45) is 8.28. The maximum atomic E-state index is 12.3. The lowest BCUT2D eigenvalue weighted by Crippen LogP contribution is -2.52. The van der Waals surface area contributed by atoms with Gasteiger partial charge in [-0.25, -0.2) is 4.79 Å². The van der Waals surface area contributed by atoms with Crippen molar-refractivity contribution < 1.29 is 14.7 Å². The van der Waals surface area contributed by atoms with Gasteiger partial charge in [-0.3, -0.25) is 19.4 Å². The van der Waals surface area contributed by atoms with Crippen molar-refractivity contribution in [3.63, 3.8) is 0 Å². The lowest BCUT2D eigenvalue weighted by Gasteiger charge is -2.24. The summed E-state index contributed by atoms with van der Waals surface area (Å²) in [6.45, 7) is -0.592. The van der Waals surface area contributed by atoms with Crippen molar-refractivity contribution in [2.24, 2.45) is 0 Å². The minimum atomic E-state index is -1.16. The van der Waals surface area contributed by atoms with E-state index in [1.54, 1.807) is 0 Å². The molecule has 2 rings (SSSR count). The van der Waals surface area contributed by atoms with E-state index >= 15 is 0 Å². The molecule has 2 amide bonds. The van der Waals surface area contributed by atoms with Crippen LogP contribution >= 0.6 is 0 Å². The molecule has 25 heavy (non-hydrogen) atoms. The molecule has 0 saturated heterocycles. The topological polar surface area (TPSA) is 144 Å². The number of aliphatic hydroxyl groups is 1. The molecular formula is C16H24N4O5. The fourth-order valence-electron chi connectivity index (χ4n) is 2.91. The van der Waals surface area contributed by atoms with E-state index in [1.807, 2.05) is 4.98 Å². The van der Waals surface area contributed by atoms with E-state index in [9.17, 15) is 24.3 Å². The smallest absolute Gasteiger partial charge is 0.325 e. The zero-order chi connectivity index (χ0) is 18.2. The third kappa shape index (κ3) is 5.56. The Labute approximate surface area is 144 Å². The number of carbonyl (C=O) groups is 2. The average Bonchev–Trinajstić information content (AvgIpc) is 2.54. The number of H-pyrrole nitrogens is 2. The molecule has 0 unspecified atom stereocenters. The maximum absolute atomic E-state index is 12.3. The molecule has 1 aliphatic rings. The zero-order valence-electron chi connectivity index (χ0n) is 14.0. The number of amides is 2.